The van der Waals surface area contributed by atoms with E-state index in [-0.39, 0.29) is 0 Å². The molecular weight excluding hydrogens is 252 g/mol. The van der Waals surface area contributed by atoms with Gasteiger partial charge in [0.2, 0.25) is 0 Å². The average Bonchev–Trinajstić information content (AvgIpc) is 2.15. The van der Waals surface area contributed by atoms with Crippen molar-refractivity contribution in [2.24, 2.45) is 0 Å². The monoisotopic (exact) mass is 260 g/mol. The smallest absolute Gasteiger partial charge is 0.404 e. The van der Waals surface area contributed by atoms with Crippen LogP contribution in [0, 0.1) is 0 Å². The van der Waals surface area contributed by atoms with Gasteiger partial charge >= 0.3 is 6.09 Å². The first kappa shape index (κ1) is 10.7. The molecule has 1 rings (SSSR count). The first-order valence-electron chi connectivity index (χ1n) is 3.86. The van der Waals surface area contributed by atoms with Crippen molar-refractivity contribution in [1.29, 1.82) is 0 Å². The molecule has 1 heterocycles. The van der Waals surface area contributed by atoms with Crippen molar-refractivity contribution in [2.75, 3.05) is 18.4 Å². The van der Waals surface area contributed by atoms with Crippen LogP contribution in [0.15, 0.2) is 17.0 Å². The third-order valence-electron chi connectivity index (χ3n) is 1.33. The zero-order valence-corrected chi connectivity index (χ0v) is 8.78. The molecule has 0 spiro atoms. The van der Waals surface area contributed by atoms with Gasteiger partial charge in [0.15, 0.2) is 0 Å². The second kappa shape index (κ2) is 5.38. The van der Waals surface area contributed by atoms with Crippen molar-refractivity contribution in [3.8, 4) is 0 Å². The number of nitrogens with one attached hydrogen (secondary N) is 2. The van der Waals surface area contributed by atoms with Crippen LogP contribution in [-0.2, 0) is 0 Å². The van der Waals surface area contributed by atoms with Crippen molar-refractivity contribution >= 4 is 27.8 Å². The maximum Gasteiger partial charge on any atom is 0.404 e. The number of hydrogen-bond donors (Lipinski definition) is 3. The summed E-state index contributed by atoms with van der Waals surface area (Å²) < 4.78 is 0.659. The molecule has 0 bridgehead atoms. The maximum atomic E-state index is 10.1. The molecule has 0 atom stereocenters. The summed E-state index contributed by atoms with van der Waals surface area (Å²) in [5, 5.41) is 13.4. The lowest BCUT2D eigenvalue weighted by Crippen LogP contribution is -2.27. The van der Waals surface area contributed by atoms with E-state index in [0.717, 1.165) is 0 Å². The topological polar surface area (TPSA) is 87.1 Å². The molecule has 0 aromatic carbocycles. The number of halogens is 1. The molecule has 1 aromatic rings. The first-order valence-corrected chi connectivity index (χ1v) is 4.66. The Morgan fingerprint density at radius 2 is 2.21 bits per heavy atom. The van der Waals surface area contributed by atoms with Gasteiger partial charge in [0, 0.05) is 13.1 Å². The van der Waals surface area contributed by atoms with Crippen LogP contribution in [-0.4, -0.2) is 34.3 Å². The maximum absolute atomic E-state index is 10.1. The Kier molecular flexibility index (Phi) is 4.11. The standard InChI is InChI=1S/C7H9BrN4O2/c8-5-3-12-6(4-11-5)9-1-2-10-7(13)14/h3-4,10H,1-2H2,(H,9,12)(H,13,14). The SMILES string of the molecule is O=C(O)NCCNc1cnc(Br)cn1. The molecule has 14 heavy (non-hydrogen) atoms. The van der Waals surface area contributed by atoms with Crippen molar-refractivity contribution in [2.45, 2.75) is 0 Å². The fraction of sp³-hybridized carbons (Fsp3) is 0.286. The van der Waals surface area contributed by atoms with E-state index in [4.69, 9.17) is 5.11 Å². The minimum absolute atomic E-state index is 0.326. The van der Waals surface area contributed by atoms with Gasteiger partial charge in [0.25, 0.3) is 0 Å². The van der Waals surface area contributed by atoms with E-state index in [2.05, 4.69) is 36.5 Å². The van der Waals surface area contributed by atoms with E-state index >= 15 is 0 Å². The first-order chi connectivity index (χ1) is 6.68. The van der Waals surface area contributed by atoms with Gasteiger partial charge in [-0.2, -0.15) is 0 Å². The van der Waals surface area contributed by atoms with Crippen LogP contribution in [0.3, 0.4) is 0 Å². The van der Waals surface area contributed by atoms with E-state index in [1.165, 1.54) is 0 Å². The summed E-state index contributed by atoms with van der Waals surface area (Å²) >= 11 is 3.15. The van der Waals surface area contributed by atoms with Crippen LogP contribution in [0.1, 0.15) is 0 Å². The number of amides is 1. The van der Waals surface area contributed by atoms with Crippen LogP contribution in [0.2, 0.25) is 0 Å². The summed E-state index contributed by atoms with van der Waals surface area (Å²) in [6, 6.07) is 0. The Balaban J connectivity index is 2.25. The van der Waals surface area contributed by atoms with Gasteiger partial charge in [-0.3, -0.25) is 0 Å². The van der Waals surface area contributed by atoms with E-state index in [9.17, 15) is 4.79 Å². The minimum atomic E-state index is -1.03. The zero-order chi connectivity index (χ0) is 10.4. The lowest BCUT2D eigenvalue weighted by atomic mass is 10.5. The predicted octanol–water partition coefficient (Wildman–Crippen LogP) is 0.919. The van der Waals surface area contributed by atoms with Gasteiger partial charge in [-0.05, 0) is 15.9 Å². The highest BCUT2D eigenvalue weighted by Gasteiger charge is 1.95. The zero-order valence-electron chi connectivity index (χ0n) is 7.20. The van der Waals surface area contributed by atoms with Gasteiger partial charge in [-0.1, -0.05) is 0 Å². The molecule has 1 aromatic heterocycles. The van der Waals surface area contributed by atoms with Gasteiger partial charge in [0.05, 0.1) is 12.4 Å². The number of aromatic nitrogens is 2. The van der Waals surface area contributed by atoms with E-state index < -0.39 is 6.09 Å². The number of hydrogen-bond acceptors (Lipinski definition) is 4. The third kappa shape index (κ3) is 4.04. The molecule has 0 fully saturated rings. The summed E-state index contributed by atoms with van der Waals surface area (Å²) in [5.74, 6) is 0.611. The van der Waals surface area contributed by atoms with Crippen LogP contribution in [0.5, 0.6) is 0 Å². The Labute approximate surface area is 88.9 Å². The highest BCUT2D eigenvalue weighted by Crippen LogP contribution is 2.05. The van der Waals surface area contributed by atoms with Crippen molar-refractivity contribution < 1.29 is 9.90 Å². The molecule has 6 nitrogen and oxygen atoms in total. The van der Waals surface area contributed by atoms with Crippen LogP contribution in [0.4, 0.5) is 10.6 Å². The molecule has 0 aliphatic rings. The Bertz CT molecular complexity index is 303. The average molecular weight is 261 g/mol. The summed E-state index contributed by atoms with van der Waals surface area (Å²) in [7, 11) is 0. The second-order valence-electron chi connectivity index (χ2n) is 2.38. The van der Waals surface area contributed by atoms with Crippen LogP contribution >= 0.6 is 15.9 Å². The second-order valence-corrected chi connectivity index (χ2v) is 3.20. The summed E-state index contributed by atoms with van der Waals surface area (Å²) in [5.41, 5.74) is 0. The summed E-state index contributed by atoms with van der Waals surface area (Å²) in [6.45, 7) is 0.801. The molecule has 1 amide bonds. The summed E-state index contributed by atoms with van der Waals surface area (Å²) in [6.07, 6.45) is 2.09. The fourth-order valence-corrected chi connectivity index (χ4v) is 0.968. The van der Waals surface area contributed by atoms with Crippen molar-refractivity contribution in [1.82, 2.24) is 15.3 Å². The number of carboxylic acid groups (broad SMARTS) is 1. The van der Waals surface area contributed by atoms with Crippen LogP contribution in [0.25, 0.3) is 0 Å². The highest BCUT2D eigenvalue weighted by molar-refractivity contribution is 9.10. The van der Waals surface area contributed by atoms with Gasteiger partial charge in [0.1, 0.15) is 10.4 Å². The molecule has 0 aliphatic carbocycles. The Hall–Kier alpha value is -1.37. The lowest BCUT2D eigenvalue weighted by molar-refractivity contribution is 0.195. The minimum Gasteiger partial charge on any atom is -0.465 e. The van der Waals surface area contributed by atoms with Gasteiger partial charge in [-0.25, -0.2) is 14.8 Å². The molecule has 0 saturated heterocycles. The van der Waals surface area contributed by atoms with Crippen molar-refractivity contribution in [3.63, 3.8) is 0 Å². The number of rotatable bonds is 4. The number of anilines is 1. The quantitative estimate of drug-likeness (QED) is 0.701. The normalized spacial score (nSPS) is 9.50. The molecule has 0 unspecified atom stereocenters. The predicted molar refractivity (Wildman–Crippen MR) is 54.2 cm³/mol. The molecule has 3 N–H and O–H groups in total. The van der Waals surface area contributed by atoms with Crippen molar-refractivity contribution in [3.05, 3.63) is 17.0 Å². The highest BCUT2D eigenvalue weighted by atomic mass is 79.9. The molecular formula is C7H9BrN4O2. The van der Waals surface area contributed by atoms with Gasteiger partial charge in [-0.15, -0.1) is 0 Å². The van der Waals surface area contributed by atoms with Gasteiger partial charge < -0.3 is 15.7 Å². The molecule has 7 heteroatoms. The molecule has 0 saturated carbocycles. The molecule has 0 aliphatic heterocycles. The fourth-order valence-electron chi connectivity index (χ4n) is 0.764. The largest absolute Gasteiger partial charge is 0.465 e. The third-order valence-corrected chi connectivity index (χ3v) is 1.74. The van der Waals surface area contributed by atoms with E-state index in [0.29, 0.717) is 23.5 Å². The lowest BCUT2D eigenvalue weighted by Gasteiger charge is -2.04. The molecule has 76 valence electrons. The Morgan fingerprint density at radius 3 is 2.79 bits per heavy atom. The summed E-state index contributed by atoms with van der Waals surface area (Å²) in [4.78, 5) is 18.0. The number of carbonyl (C=O) groups is 1. The van der Waals surface area contributed by atoms with E-state index in [1.807, 2.05) is 0 Å². The Morgan fingerprint density at radius 1 is 1.43 bits per heavy atom. The molecule has 0 radical (unpaired) electrons. The van der Waals surface area contributed by atoms with Crippen LogP contribution < -0.4 is 10.6 Å². The van der Waals surface area contributed by atoms with E-state index in [1.54, 1.807) is 12.4 Å². The number of nitrogens with zero attached hydrogens (tertiary/aromatic N) is 2.